The molecule has 170 valence electrons. The Hall–Kier alpha value is -2.48. The number of fused-ring (bicyclic) bond motifs is 2. The first-order chi connectivity index (χ1) is 16.0. The summed E-state index contributed by atoms with van der Waals surface area (Å²) < 4.78 is 2.94. The van der Waals surface area contributed by atoms with Gasteiger partial charge in [-0.05, 0) is 63.7 Å². The molecular weight excluding hydrogens is 502 g/mol. The number of nitrogens with zero attached hydrogens (tertiary/aromatic N) is 4. The van der Waals surface area contributed by atoms with Crippen LogP contribution in [0.1, 0.15) is 28.4 Å². The van der Waals surface area contributed by atoms with Gasteiger partial charge >= 0.3 is 6.03 Å². The van der Waals surface area contributed by atoms with Crippen molar-refractivity contribution in [1.29, 1.82) is 0 Å². The maximum absolute atomic E-state index is 12.8. The smallest absolute Gasteiger partial charge is 0.321 e. The number of hydrogen-bond acceptors (Lipinski definition) is 3. The molecule has 2 aromatic heterocycles. The van der Waals surface area contributed by atoms with Gasteiger partial charge in [-0.3, -0.25) is 9.88 Å². The van der Waals surface area contributed by atoms with Crippen molar-refractivity contribution in [1.82, 2.24) is 14.8 Å². The number of carbonyl (C=O) groups excluding carboxylic acids is 1. The Morgan fingerprint density at radius 1 is 1.09 bits per heavy atom. The maximum Gasteiger partial charge on any atom is 0.321 e. The molecule has 1 fully saturated rings. The van der Waals surface area contributed by atoms with Gasteiger partial charge in [-0.15, -0.1) is 0 Å². The van der Waals surface area contributed by atoms with Crippen LogP contribution in [0, 0.1) is 0 Å². The summed E-state index contributed by atoms with van der Waals surface area (Å²) in [4.78, 5) is 22.0. The molecule has 6 nitrogen and oxygen atoms in total. The lowest BCUT2D eigenvalue weighted by Gasteiger charge is -2.39. The molecule has 1 aliphatic heterocycles. The van der Waals surface area contributed by atoms with Crippen LogP contribution in [0.25, 0.3) is 0 Å². The number of urea groups is 1. The van der Waals surface area contributed by atoms with Crippen molar-refractivity contribution < 1.29 is 9.36 Å². The Balaban J connectivity index is 1.36. The van der Waals surface area contributed by atoms with Crippen LogP contribution < -0.4 is 9.88 Å². The van der Waals surface area contributed by atoms with E-state index >= 15 is 0 Å². The first-order valence-electron chi connectivity index (χ1n) is 11.2. The molecule has 1 atom stereocenters. The molecule has 3 heterocycles. The third kappa shape index (κ3) is 4.76. The van der Waals surface area contributed by atoms with Crippen LogP contribution in [0.2, 0.25) is 5.02 Å². The van der Waals surface area contributed by atoms with Gasteiger partial charge in [-0.2, -0.15) is 0 Å². The normalized spacial score (nSPS) is 18.3. The zero-order chi connectivity index (χ0) is 22.9. The van der Waals surface area contributed by atoms with Crippen LogP contribution in [-0.2, 0) is 19.9 Å². The number of piperazine rings is 1. The summed E-state index contributed by atoms with van der Waals surface area (Å²) in [7, 11) is 1.95. The molecule has 0 spiro atoms. The minimum atomic E-state index is -0.0565. The third-order valence-corrected chi connectivity index (χ3v) is 7.16. The number of rotatable bonds is 2. The van der Waals surface area contributed by atoms with Crippen molar-refractivity contribution in [3.63, 3.8) is 0 Å². The van der Waals surface area contributed by atoms with Gasteiger partial charge in [0.2, 0.25) is 0 Å². The Kier molecular flexibility index (Phi) is 6.36. The summed E-state index contributed by atoms with van der Waals surface area (Å²) in [6, 6.07) is 12.2. The van der Waals surface area contributed by atoms with E-state index in [-0.39, 0.29) is 12.1 Å². The number of aromatic nitrogens is 2. The van der Waals surface area contributed by atoms with E-state index in [0.29, 0.717) is 13.1 Å². The van der Waals surface area contributed by atoms with E-state index in [1.54, 1.807) is 0 Å². The number of aryl methyl sites for hydroxylation is 3. The van der Waals surface area contributed by atoms with Gasteiger partial charge in [-0.25, -0.2) is 9.36 Å². The zero-order valence-corrected chi connectivity index (χ0v) is 20.8. The highest BCUT2D eigenvalue weighted by atomic mass is 79.9. The predicted molar refractivity (Wildman–Crippen MR) is 132 cm³/mol. The summed E-state index contributed by atoms with van der Waals surface area (Å²) in [6.45, 7) is 2.89. The van der Waals surface area contributed by atoms with Crippen LogP contribution >= 0.6 is 27.5 Å². The molecule has 1 aliphatic carbocycles. The zero-order valence-electron chi connectivity index (χ0n) is 18.5. The van der Waals surface area contributed by atoms with E-state index in [4.69, 9.17) is 16.6 Å². The maximum atomic E-state index is 12.8. The number of halogens is 2. The van der Waals surface area contributed by atoms with Crippen LogP contribution in [0.3, 0.4) is 0 Å². The van der Waals surface area contributed by atoms with Crippen molar-refractivity contribution in [2.24, 2.45) is 7.05 Å². The van der Waals surface area contributed by atoms with Crippen LogP contribution in [0.15, 0.2) is 59.5 Å². The molecule has 33 heavy (non-hydrogen) atoms. The van der Waals surface area contributed by atoms with Gasteiger partial charge in [0.05, 0.1) is 17.4 Å². The highest BCUT2D eigenvalue weighted by Gasteiger charge is 2.33. The average molecular weight is 528 g/mol. The van der Waals surface area contributed by atoms with Crippen molar-refractivity contribution in [3.05, 3.63) is 86.9 Å². The van der Waals surface area contributed by atoms with Crippen LogP contribution in [0.5, 0.6) is 0 Å². The van der Waals surface area contributed by atoms with E-state index in [9.17, 15) is 4.79 Å². The number of amides is 2. The number of carbonyl (C=O) groups is 1. The first kappa shape index (κ1) is 22.3. The Morgan fingerprint density at radius 2 is 1.82 bits per heavy atom. The van der Waals surface area contributed by atoms with E-state index in [2.05, 4.69) is 44.3 Å². The molecule has 1 unspecified atom stereocenters. The molecular formula is C25H26BrClN5O+. The van der Waals surface area contributed by atoms with Crippen molar-refractivity contribution in [2.75, 3.05) is 31.5 Å². The predicted octanol–water partition coefficient (Wildman–Crippen LogP) is 4.36. The molecule has 1 N–H and O–H groups in total. The summed E-state index contributed by atoms with van der Waals surface area (Å²) in [5, 5.41) is 3.78. The lowest BCUT2D eigenvalue weighted by Crippen LogP contribution is -2.51. The minimum Gasteiger partial charge on any atom is -0.322 e. The second kappa shape index (κ2) is 9.41. The van der Waals surface area contributed by atoms with E-state index < -0.39 is 0 Å². The number of benzene rings is 1. The molecule has 3 aromatic rings. The summed E-state index contributed by atoms with van der Waals surface area (Å²) in [5.41, 5.74) is 5.72. The second-order valence-corrected chi connectivity index (χ2v) is 10.0. The van der Waals surface area contributed by atoms with Gasteiger partial charge < -0.3 is 10.2 Å². The number of nitrogens with one attached hydrogen (secondary N) is 1. The van der Waals surface area contributed by atoms with Crippen LogP contribution in [0.4, 0.5) is 10.5 Å². The van der Waals surface area contributed by atoms with E-state index in [1.807, 2.05) is 53.3 Å². The Morgan fingerprint density at radius 3 is 2.58 bits per heavy atom. The third-order valence-electron chi connectivity index (χ3n) is 6.49. The highest BCUT2D eigenvalue weighted by Crippen LogP contribution is 2.38. The molecule has 2 aliphatic rings. The highest BCUT2D eigenvalue weighted by molar-refractivity contribution is 9.10. The van der Waals surface area contributed by atoms with Gasteiger partial charge in [0.15, 0.2) is 12.4 Å². The van der Waals surface area contributed by atoms with Gasteiger partial charge in [0.1, 0.15) is 7.05 Å². The molecule has 0 saturated carbocycles. The molecule has 1 aromatic carbocycles. The quantitative estimate of drug-likeness (QED) is 0.504. The first-order valence-corrected chi connectivity index (χ1v) is 12.3. The lowest BCUT2D eigenvalue weighted by molar-refractivity contribution is -0.671. The number of pyridine rings is 2. The fourth-order valence-corrected chi connectivity index (χ4v) is 5.33. The second-order valence-electron chi connectivity index (χ2n) is 8.65. The molecule has 1 saturated heterocycles. The fraction of sp³-hybridized carbons (Fsp3) is 0.320. The fourth-order valence-electron chi connectivity index (χ4n) is 4.75. The monoisotopic (exact) mass is 526 g/mol. The van der Waals surface area contributed by atoms with Gasteiger partial charge in [0, 0.05) is 54.0 Å². The molecule has 2 amide bonds. The Labute approximate surface area is 207 Å². The molecule has 0 radical (unpaired) electrons. The van der Waals surface area contributed by atoms with Gasteiger partial charge in [-0.1, -0.05) is 17.7 Å². The average Bonchev–Trinajstić information content (AvgIpc) is 2.97. The van der Waals surface area contributed by atoms with Crippen LogP contribution in [-0.4, -0.2) is 47.0 Å². The molecule has 0 bridgehead atoms. The van der Waals surface area contributed by atoms with E-state index in [1.165, 1.54) is 16.7 Å². The van der Waals surface area contributed by atoms with Gasteiger partial charge in [0.25, 0.3) is 0 Å². The molecule has 8 heteroatoms. The summed E-state index contributed by atoms with van der Waals surface area (Å²) >= 11 is 9.92. The number of anilines is 1. The van der Waals surface area contributed by atoms with Crippen molar-refractivity contribution in [3.8, 4) is 0 Å². The summed E-state index contributed by atoms with van der Waals surface area (Å²) in [5.74, 6) is 0. The van der Waals surface area contributed by atoms with Crippen molar-refractivity contribution in [2.45, 2.75) is 18.9 Å². The number of hydrogen-bond donors (Lipinski definition) is 1. The standard InChI is InChI=1S/C25H25BrClN5O/c1-30-8-6-21(7-9-30)29-25(33)32-12-10-31(11-13-32)24-22-5-4-20(27)15-17(22)2-3-18-14-19(26)16-28-23(18)24/h4-9,14-16,24H,2-3,10-13H2,1H3/p+1. The topological polar surface area (TPSA) is 52.4 Å². The van der Waals surface area contributed by atoms with E-state index in [0.717, 1.165) is 46.8 Å². The lowest BCUT2D eigenvalue weighted by atomic mass is 9.96. The largest absolute Gasteiger partial charge is 0.322 e. The SMILES string of the molecule is C[n+]1ccc(NC(=O)N2CCN(C3c4ccc(Cl)cc4CCc4cc(Br)cnc43)CC2)cc1. The van der Waals surface area contributed by atoms with Crippen molar-refractivity contribution >= 4 is 39.2 Å². The Bertz CT molecular complexity index is 1120. The molecule has 5 rings (SSSR count). The minimum absolute atomic E-state index is 0.0565. The summed E-state index contributed by atoms with van der Waals surface area (Å²) in [6.07, 6.45) is 7.60.